The molecule has 2 rings (SSSR count). The van der Waals surface area contributed by atoms with Crippen LogP contribution in [0.25, 0.3) is 0 Å². The average molecular weight is 309 g/mol. The highest BCUT2D eigenvalue weighted by molar-refractivity contribution is 4.88. The van der Waals surface area contributed by atoms with E-state index < -0.39 is 0 Å². The van der Waals surface area contributed by atoms with Crippen LogP contribution < -0.4 is 0 Å². The third kappa shape index (κ3) is 5.85. The molecule has 2 heteroatoms. The first-order valence-corrected chi connectivity index (χ1v) is 10.3. The van der Waals surface area contributed by atoms with Crippen molar-refractivity contribution in [3.8, 4) is 0 Å². The fraction of sp³-hybridized carbons (Fsp3) is 1.00. The topological polar surface area (TPSA) is 6.48 Å². The molecule has 0 aromatic heterocycles. The summed E-state index contributed by atoms with van der Waals surface area (Å²) in [6.45, 7) is 9.92. The summed E-state index contributed by atoms with van der Waals surface area (Å²) in [5.74, 6) is 0.974. The quantitative estimate of drug-likeness (QED) is 0.631. The van der Waals surface area contributed by atoms with Gasteiger partial charge in [-0.2, -0.15) is 0 Å². The van der Waals surface area contributed by atoms with E-state index in [0.29, 0.717) is 0 Å². The molecule has 1 saturated heterocycles. The van der Waals surface area contributed by atoms with E-state index in [1.165, 1.54) is 103 Å². The van der Waals surface area contributed by atoms with Crippen LogP contribution in [0, 0.1) is 5.92 Å². The molecule has 1 heterocycles. The van der Waals surface area contributed by atoms with Crippen LogP contribution in [0.5, 0.6) is 0 Å². The Hall–Kier alpha value is -0.0800. The van der Waals surface area contributed by atoms with Crippen molar-refractivity contribution in [2.45, 2.75) is 96.9 Å². The Bertz CT molecular complexity index is 269. The summed E-state index contributed by atoms with van der Waals surface area (Å²) >= 11 is 0. The molecule has 2 fully saturated rings. The molecule has 1 atom stereocenters. The predicted molar refractivity (Wildman–Crippen MR) is 97.2 cm³/mol. The molecule has 0 bridgehead atoms. The zero-order valence-electron chi connectivity index (χ0n) is 15.4. The average Bonchev–Trinajstić information content (AvgIpc) is 2.98. The molecular weight excluding hydrogens is 268 g/mol. The van der Waals surface area contributed by atoms with Gasteiger partial charge in [-0.25, -0.2) is 0 Å². The number of hydrogen-bond donors (Lipinski definition) is 0. The van der Waals surface area contributed by atoms with Gasteiger partial charge in [-0.05, 0) is 44.7 Å². The van der Waals surface area contributed by atoms with E-state index in [4.69, 9.17) is 0 Å². The minimum atomic E-state index is 0.863. The van der Waals surface area contributed by atoms with Gasteiger partial charge in [0.25, 0.3) is 0 Å². The van der Waals surface area contributed by atoms with Crippen LogP contribution in [0.15, 0.2) is 0 Å². The van der Waals surface area contributed by atoms with Crippen LogP contribution in [-0.4, -0.2) is 42.1 Å². The van der Waals surface area contributed by atoms with Crippen LogP contribution in [0.3, 0.4) is 0 Å². The van der Waals surface area contributed by atoms with Gasteiger partial charge in [0.2, 0.25) is 0 Å². The van der Waals surface area contributed by atoms with Crippen molar-refractivity contribution in [1.82, 2.24) is 9.80 Å². The fourth-order valence-electron chi connectivity index (χ4n) is 4.44. The summed E-state index contributed by atoms with van der Waals surface area (Å²) in [6, 6.07) is 0.863. The maximum Gasteiger partial charge on any atom is 0.0510 e. The van der Waals surface area contributed by atoms with E-state index in [-0.39, 0.29) is 0 Å². The van der Waals surface area contributed by atoms with E-state index >= 15 is 0 Å². The predicted octanol–water partition coefficient (Wildman–Crippen LogP) is 5.28. The van der Waals surface area contributed by atoms with E-state index in [2.05, 4.69) is 23.6 Å². The number of unbranched alkanes of at least 4 members (excludes halogenated alkanes) is 2. The number of hydrogen-bond acceptors (Lipinski definition) is 2. The van der Waals surface area contributed by atoms with E-state index in [1.54, 1.807) is 0 Å². The van der Waals surface area contributed by atoms with Crippen molar-refractivity contribution < 1.29 is 0 Å². The zero-order chi connectivity index (χ0) is 15.6. The maximum absolute atomic E-state index is 2.85. The molecule has 0 spiro atoms. The lowest BCUT2D eigenvalue weighted by molar-refractivity contribution is 0.169. The van der Waals surface area contributed by atoms with Crippen LogP contribution >= 0.6 is 0 Å². The Balaban J connectivity index is 1.92. The van der Waals surface area contributed by atoms with Crippen LogP contribution in [0.1, 0.15) is 90.9 Å². The van der Waals surface area contributed by atoms with E-state index in [9.17, 15) is 0 Å². The smallest absolute Gasteiger partial charge is 0.0510 e. The van der Waals surface area contributed by atoms with Crippen LogP contribution in [-0.2, 0) is 0 Å². The summed E-state index contributed by atoms with van der Waals surface area (Å²) < 4.78 is 0. The Kier molecular flexibility index (Phi) is 8.84. The maximum atomic E-state index is 2.85. The zero-order valence-corrected chi connectivity index (χ0v) is 15.4. The SMILES string of the molecule is CCCCN1CC(C2CCCCCCCC2)N(CCCC)C1. The van der Waals surface area contributed by atoms with Gasteiger partial charge in [-0.3, -0.25) is 9.80 Å². The summed E-state index contributed by atoms with van der Waals surface area (Å²) in [7, 11) is 0. The molecule has 22 heavy (non-hydrogen) atoms. The van der Waals surface area contributed by atoms with E-state index in [1.807, 2.05) is 0 Å². The first-order valence-electron chi connectivity index (χ1n) is 10.3. The van der Waals surface area contributed by atoms with E-state index in [0.717, 1.165) is 12.0 Å². The molecule has 0 aromatic carbocycles. The Morgan fingerprint density at radius 3 is 2.00 bits per heavy atom. The van der Waals surface area contributed by atoms with Crippen LogP contribution in [0.2, 0.25) is 0 Å². The molecule has 0 N–H and O–H groups in total. The van der Waals surface area contributed by atoms with Gasteiger partial charge >= 0.3 is 0 Å². The van der Waals surface area contributed by atoms with Gasteiger partial charge in [-0.1, -0.05) is 65.2 Å². The standard InChI is InChI=1S/C20H40N2/c1-3-5-15-21-17-20(22(18-21)16-6-4-2)19-13-11-9-7-8-10-12-14-19/h19-20H,3-18H2,1-2H3. The first kappa shape index (κ1) is 18.3. The van der Waals surface area contributed by atoms with Crippen molar-refractivity contribution in [1.29, 1.82) is 0 Å². The minimum absolute atomic E-state index is 0.863. The minimum Gasteiger partial charge on any atom is -0.289 e. The molecule has 1 aliphatic carbocycles. The summed E-state index contributed by atoms with van der Waals surface area (Å²) in [5.41, 5.74) is 0. The van der Waals surface area contributed by atoms with Crippen molar-refractivity contribution in [2.24, 2.45) is 5.92 Å². The molecule has 1 unspecified atom stereocenters. The summed E-state index contributed by atoms with van der Waals surface area (Å²) in [6.07, 6.45) is 17.3. The Morgan fingerprint density at radius 2 is 1.36 bits per heavy atom. The van der Waals surface area contributed by atoms with Gasteiger partial charge < -0.3 is 0 Å². The second-order valence-electron chi connectivity index (χ2n) is 7.76. The molecule has 0 radical (unpaired) electrons. The third-order valence-electron chi connectivity index (χ3n) is 5.87. The van der Waals surface area contributed by atoms with Crippen LogP contribution in [0.4, 0.5) is 0 Å². The molecule has 2 nitrogen and oxygen atoms in total. The molecule has 1 saturated carbocycles. The highest BCUT2D eigenvalue weighted by Crippen LogP contribution is 2.30. The lowest BCUT2D eigenvalue weighted by Gasteiger charge is -2.30. The van der Waals surface area contributed by atoms with Gasteiger partial charge in [0.1, 0.15) is 0 Å². The largest absolute Gasteiger partial charge is 0.289 e. The highest BCUT2D eigenvalue weighted by Gasteiger charge is 2.34. The molecule has 130 valence electrons. The number of nitrogens with zero attached hydrogens (tertiary/aromatic N) is 2. The fourth-order valence-corrected chi connectivity index (χ4v) is 4.44. The molecule has 1 aliphatic heterocycles. The molecule has 2 aliphatic rings. The molecule has 0 amide bonds. The third-order valence-corrected chi connectivity index (χ3v) is 5.87. The van der Waals surface area contributed by atoms with Crippen molar-refractivity contribution in [3.63, 3.8) is 0 Å². The normalized spacial score (nSPS) is 26.7. The summed E-state index contributed by atoms with van der Waals surface area (Å²) in [5, 5.41) is 0. The van der Waals surface area contributed by atoms with Crippen molar-refractivity contribution in [2.75, 3.05) is 26.3 Å². The molecular formula is C20H40N2. The first-order chi connectivity index (χ1) is 10.8. The van der Waals surface area contributed by atoms with Gasteiger partial charge in [0.15, 0.2) is 0 Å². The molecule has 0 aromatic rings. The van der Waals surface area contributed by atoms with Gasteiger partial charge in [0.05, 0.1) is 6.67 Å². The second kappa shape index (κ2) is 10.6. The van der Waals surface area contributed by atoms with Gasteiger partial charge in [-0.15, -0.1) is 0 Å². The lowest BCUT2D eigenvalue weighted by atomic mass is 9.89. The second-order valence-corrected chi connectivity index (χ2v) is 7.76. The van der Waals surface area contributed by atoms with Gasteiger partial charge in [0, 0.05) is 12.6 Å². The lowest BCUT2D eigenvalue weighted by Crippen LogP contribution is -2.38. The Morgan fingerprint density at radius 1 is 0.773 bits per heavy atom. The highest BCUT2D eigenvalue weighted by atomic mass is 15.4. The van der Waals surface area contributed by atoms with Crippen molar-refractivity contribution >= 4 is 0 Å². The Labute approximate surface area is 139 Å². The number of rotatable bonds is 7. The monoisotopic (exact) mass is 308 g/mol. The van der Waals surface area contributed by atoms with Crippen molar-refractivity contribution in [3.05, 3.63) is 0 Å². The summed E-state index contributed by atoms with van der Waals surface area (Å²) in [4.78, 5) is 5.60.